The molecular formula is C12H18N2O. The molecule has 0 aliphatic heterocycles. The summed E-state index contributed by atoms with van der Waals surface area (Å²) < 4.78 is 0. The summed E-state index contributed by atoms with van der Waals surface area (Å²) in [5, 5.41) is 0. The first kappa shape index (κ1) is 11.7. The number of aromatic nitrogens is 1. The fourth-order valence-corrected chi connectivity index (χ4v) is 1.67. The van der Waals surface area contributed by atoms with Crippen molar-refractivity contribution in [3.8, 4) is 0 Å². The highest BCUT2D eigenvalue weighted by atomic mass is 16.1. The van der Waals surface area contributed by atoms with Gasteiger partial charge in [0, 0.05) is 24.8 Å². The molecule has 0 fully saturated rings. The van der Waals surface area contributed by atoms with Crippen LogP contribution in [0.5, 0.6) is 0 Å². The Hall–Kier alpha value is -1.38. The van der Waals surface area contributed by atoms with Crippen LogP contribution in [0.2, 0.25) is 0 Å². The number of hydrogen-bond acceptors (Lipinski definition) is 3. The number of carbonyl (C=O) groups excluding carboxylic acids is 1. The normalized spacial score (nSPS) is 10.1. The lowest BCUT2D eigenvalue weighted by Crippen LogP contribution is -2.24. The van der Waals surface area contributed by atoms with Crippen molar-refractivity contribution in [3.63, 3.8) is 0 Å². The van der Waals surface area contributed by atoms with Gasteiger partial charge in [-0.1, -0.05) is 0 Å². The van der Waals surface area contributed by atoms with Gasteiger partial charge in [-0.15, -0.1) is 0 Å². The summed E-state index contributed by atoms with van der Waals surface area (Å²) in [7, 11) is 0. The summed E-state index contributed by atoms with van der Waals surface area (Å²) >= 11 is 0. The molecule has 1 heterocycles. The minimum absolute atomic E-state index is 0.684. The number of carbonyl (C=O) groups is 1. The predicted molar refractivity (Wildman–Crippen MR) is 62.7 cm³/mol. The van der Waals surface area contributed by atoms with Crippen molar-refractivity contribution in [2.75, 3.05) is 18.0 Å². The van der Waals surface area contributed by atoms with Gasteiger partial charge in [0.1, 0.15) is 5.82 Å². The molecule has 0 N–H and O–H groups in total. The third-order valence-corrected chi connectivity index (χ3v) is 2.85. The van der Waals surface area contributed by atoms with Crippen molar-refractivity contribution in [2.45, 2.75) is 27.7 Å². The van der Waals surface area contributed by atoms with E-state index >= 15 is 0 Å². The molecule has 1 rings (SSSR count). The Labute approximate surface area is 91.1 Å². The average molecular weight is 206 g/mol. The quantitative estimate of drug-likeness (QED) is 0.709. The first-order chi connectivity index (χ1) is 7.15. The van der Waals surface area contributed by atoms with Crippen molar-refractivity contribution in [2.24, 2.45) is 0 Å². The van der Waals surface area contributed by atoms with Crippen LogP contribution in [0.1, 0.15) is 35.3 Å². The lowest BCUT2D eigenvalue weighted by atomic mass is 10.1. The number of pyridine rings is 1. The zero-order valence-corrected chi connectivity index (χ0v) is 9.87. The van der Waals surface area contributed by atoms with Gasteiger partial charge in [0.15, 0.2) is 6.29 Å². The van der Waals surface area contributed by atoms with Gasteiger partial charge in [-0.05, 0) is 38.8 Å². The molecular weight excluding hydrogens is 188 g/mol. The highest BCUT2D eigenvalue weighted by Gasteiger charge is 2.11. The van der Waals surface area contributed by atoms with Crippen LogP contribution in [0.15, 0.2) is 6.20 Å². The topological polar surface area (TPSA) is 33.2 Å². The molecule has 1 aromatic rings. The van der Waals surface area contributed by atoms with Crippen LogP contribution in [0.3, 0.4) is 0 Å². The highest BCUT2D eigenvalue weighted by molar-refractivity contribution is 5.78. The van der Waals surface area contributed by atoms with Crippen LogP contribution < -0.4 is 4.90 Å². The molecule has 0 aliphatic carbocycles. The van der Waals surface area contributed by atoms with Gasteiger partial charge in [0.2, 0.25) is 0 Å². The maximum atomic E-state index is 10.7. The Morgan fingerprint density at radius 3 is 2.33 bits per heavy atom. The first-order valence-electron chi connectivity index (χ1n) is 5.32. The van der Waals surface area contributed by atoms with Gasteiger partial charge in [0.25, 0.3) is 0 Å². The SMILES string of the molecule is CCN(CC)c1ncc(C=O)c(C)c1C. The van der Waals surface area contributed by atoms with E-state index in [9.17, 15) is 4.79 Å². The second kappa shape index (κ2) is 4.91. The Morgan fingerprint density at radius 2 is 1.87 bits per heavy atom. The zero-order valence-electron chi connectivity index (χ0n) is 9.87. The van der Waals surface area contributed by atoms with Crippen molar-refractivity contribution >= 4 is 12.1 Å². The lowest BCUT2D eigenvalue weighted by Gasteiger charge is -2.22. The molecule has 0 spiro atoms. The Bertz CT molecular complexity index is 357. The summed E-state index contributed by atoms with van der Waals surface area (Å²) in [6.45, 7) is 10.1. The van der Waals surface area contributed by atoms with Gasteiger partial charge in [-0.3, -0.25) is 4.79 Å². The summed E-state index contributed by atoms with van der Waals surface area (Å²) in [4.78, 5) is 17.3. The molecule has 3 nitrogen and oxygen atoms in total. The van der Waals surface area contributed by atoms with Crippen LogP contribution >= 0.6 is 0 Å². The Balaban J connectivity index is 3.21. The van der Waals surface area contributed by atoms with E-state index in [4.69, 9.17) is 0 Å². The molecule has 0 atom stereocenters. The Morgan fingerprint density at radius 1 is 1.27 bits per heavy atom. The molecule has 1 aromatic heterocycles. The van der Waals surface area contributed by atoms with Crippen LogP contribution in [0.4, 0.5) is 5.82 Å². The van der Waals surface area contributed by atoms with Crippen molar-refractivity contribution in [3.05, 3.63) is 22.9 Å². The van der Waals surface area contributed by atoms with Gasteiger partial charge in [-0.2, -0.15) is 0 Å². The Kier molecular flexibility index (Phi) is 3.83. The number of rotatable bonds is 4. The van der Waals surface area contributed by atoms with Gasteiger partial charge in [-0.25, -0.2) is 4.98 Å². The molecule has 0 aliphatic rings. The first-order valence-corrected chi connectivity index (χ1v) is 5.32. The standard InChI is InChI=1S/C12H18N2O/c1-5-14(6-2)12-10(4)9(3)11(8-15)7-13-12/h7-8H,5-6H2,1-4H3. The van der Waals surface area contributed by atoms with Crippen LogP contribution in [0, 0.1) is 13.8 Å². The average Bonchev–Trinajstić information content (AvgIpc) is 2.26. The second-order valence-corrected chi connectivity index (χ2v) is 3.58. The molecule has 0 aromatic carbocycles. The minimum atomic E-state index is 0.684. The number of hydrogen-bond donors (Lipinski definition) is 0. The maximum absolute atomic E-state index is 10.7. The van der Waals surface area contributed by atoms with Gasteiger partial charge < -0.3 is 4.90 Å². The monoisotopic (exact) mass is 206 g/mol. The largest absolute Gasteiger partial charge is 0.357 e. The van der Waals surface area contributed by atoms with Gasteiger partial charge in [0.05, 0.1) is 0 Å². The predicted octanol–water partition coefficient (Wildman–Crippen LogP) is 2.36. The van der Waals surface area contributed by atoms with E-state index in [0.717, 1.165) is 36.3 Å². The van der Waals surface area contributed by atoms with Crippen molar-refractivity contribution in [1.29, 1.82) is 0 Å². The third-order valence-electron chi connectivity index (χ3n) is 2.85. The van der Waals surface area contributed by atoms with Crippen LogP contribution in [0.25, 0.3) is 0 Å². The molecule has 3 heteroatoms. The molecule has 0 amide bonds. The van der Waals surface area contributed by atoms with E-state index in [-0.39, 0.29) is 0 Å². The number of nitrogens with zero attached hydrogens (tertiary/aromatic N) is 2. The third kappa shape index (κ3) is 2.17. The summed E-state index contributed by atoms with van der Waals surface area (Å²) in [6.07, 6.45) is 2.52. The maximum Gasteiger partial charge on any atom is 0.151 e. The van der Waals surface area contributed by atoms with E-state index in [1.807, 2.05) is 13.8 Å². The molecule has 0 radical (unpaired) electrons. The number of aldehydes is 1. The van der Waals surface area contributed by atoms with E-state index in [2.05, 4.69) is 23.7 Å². The summed E-state index contributed by atoms with van der Waals surface area (Å²) in [5.41, 5.74) is 2.81. The fraction of sp³-hybridized carbons (Fsp3) is 0.500. The molecule has 0 unspecified atom stereocenters. The van der Waals surface area contributed by atoms with E-state index < -0.39 is 0 Å². The molecule has 0 saturated carbocycles. The fourth-order valence-electron chi connectivity index (χ4n) is 1.67. The molecule has 82 valence electrons. The van der Waals surface area contributed by atoms with E-state index in [0.29, 0.717) is 5.56 Å². The second-order valence-electron chi connectivity index (χ2n) is 3.58. The lowest BCUT2D eigenvalue weighted by molar-refractivity contribution is 0.112. The van der Waals surface area contributed by atoms with E-state index in [1.54, 1.807) is 6.20 Å². The van der Waals surface area contributed by atoms with Crippen molar-refractivity contribution in [1.82, 2.24) is 4.98 Å². The highest BCUT2D eigenvalue weighted by Crippen LogP contribution is 2.21. The van der Waals surface area contributed by atoms with Crippen LogP contribution in [-0.4, -0.2) is 24.4 Å². The van der Waals surface area contributed by atoms with Crippen LogP contribution in [-0.2, 0) is 0 Å². The van der Waals surface area contributed by atoms with Gasteiger partial charge >= 0.3 is 0 Å². The summed E-state index contributed by atoms with van der Waals surface area (Å²) in [6, 6.07) is 0. The molecule has 0 bridgehead atoms. The zero-order chi connectivity index (χ0) is 11.4. The molecule has 15 heavy (non-hydrogen) atoms. The summed E-state index contributed by atoms with van der Waals surface area (Å²) in [5.74, 6) is 0.989. The van der Waals surface area contributed by atoms with E-state index in [1.165, 1.54) is 0 Å². The van der Waals surface area contributed by atoms with Crippen molar-refractivity contribution < 1.29 is 4.79 Å². The minimum Gasteiger partial charge on any atom is -0.357 e. The number of anilines is 1. The molecule has 0 saturated heterocycles. The smallest absolute Gasteiger partial charge is 0.151 e.